The summed E-state index contributed by atoms with van der Waals surface area (Å²) in [6.45, 7) is 5.13. The molecule has 0 aromatic carbocycles. The summed E-state index contributed by atoms with van der Waals surface area (Å²) in [5.41, 5.74) is -0.0123. The molecule has 0 fully saturated rings. The number of allylic oxidation sites excluding steroid dienone is 1. The van der Waals surface area contributed by atoms with Gasteiger partial charge in [0.05, 0.1) is 29.3 Å². The van der Waals surface area contributed by atoms with Gasteiger partial charge in [-0.2, -0.15) is 27.1 Å². The summed E-state index contributed by atoms with van der Waals surface area (Å²) >= 11 is 1.32. The second-order valence-corrected chi connectivity index (χ2v) is 10.3. The quantitative estimate of drug-likeness (QED) is 0.445. The Morgan fingerprint density at radius 3 is 2.47 bits per heavy atom. The van der Waals surface area contributed by atoms with Crippen molar-refractivity contribution in [2.45, 2.75) is 51.9 Å². The molecule has 0 saturated carbocycles. The van der Waals surface area contributed by atoms with E-state index < -0.39 is 30.3 Å². The van der Waals surface area contributed by atoms with Crippen molar-refractivity contribution in [3.8, 4) is 0 Å². The Kier molecular flexibility index (Phi) is 7.61. The molecule has 2 aromatic rings. The molecule has 3 heterocycles. The van der Waals surface area contributed by atoms with Gasteiger partial charge >= 0.3 is 18.2 Å². The molecule has 198 valence electrons. The van der Waals surface area contributed by atoms with E-state index in [-0.39, 0.29) is 28.8 Å². The van der Waals surface area contributed by atoms with Crippen LogP contribution < -0.4 is 0 Å². The summed E-state index contributed by atoms with van der Waals surface area (Å²) < 4.78 is 70.8. The minimum atomic E-state index is -5.72. The average Bonchev–Trinajstić information content (AvgIpc) is 3.12. The van der Waals surface area contributed by atoms with Gasteiger partial charge in [0, 0.05) is 29.6 Å². The number of pyridine rings is 1. The van der Waals surface area contributed by atoms with Gasteiger partial charge in [0.1, 0.15) is 12.1 Å². The zero-order valence-electron chi connectivity index (χ0n) is 20.2. The van der Waals surface area contributed by atoms with Crippen LogP contribution in [0.25, 0.3) is 16.6 Å². The van der Waals surface area contributed by atoms with Gasteiger partial charge in [0.15, 0.2) is 0 Å². The number of fused-ring (bicyclic) bond motifs is 1. The topological polar surface area (TPSA) is 86.6 Å². The van der Waals surface area contributed by atoms with Crippen molar-refractivity contribution in [3.63, 3.8) is 0 Å². The molecular weight excluding hydrogens is 509 g/mol. The van der Waals surface area contributed by atoms with Crippen molar-refractivity contribution in [2.75, 3.05) is 19.3 Å². The number of alkyl halides is 5. The van der Waals surface area contributed by atoms with Crippen LogP contribution in [0.15, 0.2) is 35.1 Å². The monoisotopic (exact) mass is 534 g/mol. The standard InChI is InChI=1S/C22H25F5N5O3S/c1-6-36-17-8-14(30(5)19(33)35-20(2,3)4)11-32(34)18(17)15-7-13-9-29-31(16(13)10-28-15)12-21(23,24)22(25,26)27/h7-10H,6,11-12H2,1-5H3/q-1. The Morgan fingerprint density at radius 1 is 1.22 bits per heavy atom. The van der Waals surface area contributed by atoms with Gasteiger partial charge < -0.3 is 15.0 Å². The molecule has 2 aromatic heterocycles. The first-order chi connectivity index (χ1) is 16.5. The highest BCUT2D eigenvalue weighted by Crippen LogP contribution is 2.38. The average molecular weight is 535 g/mol. The third-order valence-corrected chi connectivity index (χ3v) is 5.93. The van der Waals surface area contributed by atoms with E-state index in [9.17, 15) is 32.0 Å². The minimum absolute atomic E-state index is 0.0397. The van der Waals surface area contributed by atoms with E-state index in [1.165, 1.54) is 29.8 Å². The van der Waals surface area contributed by atoms with Gasteiger partial charge in [-0.25, -0.2) is 4.79 Å². The van der Waals surface area contributed by atoms with Gasteiger partial charge in [0.2, 0.25) is 0 Å². The molecule has 0 atom stereocenters. The normalized spacial score (nSPS) is 15.4. The molecule has 0 unspecified atom stereocenters. The lowest BCUT2D eigenvalue weighted by atomic mass is 10.1. The first-order valence-electron chi connectivity index (χ1n) is 10.8. The fraction of sp³-hybridized carbons (Fsp3) is 0.500. The second kappa shape index (κ2) is 9.88. The lowest BCUT2D eigenvalue weighted by Gasteiger charge is -2.40. The van der Waals surface area contributed by atoms with E-state index in [2.05, 4.69) is 10.1 Å². The lowest BCUT2D eigenvalue weighted by molar-refractivity contribution is -0.287. The molecule has 0 radical (unpaired) electrons. The Balaban J connectivity index is 1.98. The zero-order valence-corrected chi connectivity index (χ0v) is 21.0. The zero-order chi connectivity index (χ0) is 27.1. The van der Waals surface area contributed by atoms with E-state index in [4.69, 9.17) is 4.74 Å². The molecule has 14 heteroatoms. The fourth-order valence-corrected chi connectivity index (χ4v) is 4.17. The maximum Gasteiger partial charge on any atom is 0.455 e. The number of likely N-dealkylation sites (N-methyl/N-ethyl adjacent to an activating group) is 1. The third-order valence-electron chi connectivity index (χ3n) is 5.02. The molecule has 1 aliphatic heterocycles. The Labute approximate surface area is 208 Å². The highest BCUT2D eigenvalue weighted by molar-refractivity contribution is 8.03. The molecule has 0 bridgehead atoms. The number of hydrogen-bond acceptors (Lipinski definition) is 7. The van der Waals surface area contributed by atoms with Crippen LogP contribution in [0.3, 0.4) is 0 Å². The van der Waals surface area contributed by atoms with Crippen LogP contribution in [0.4, 0.5) is 26.7 Å². The van der Waals surface area contributed by atoms with Crippen LogP contribution >= 0.6 is 11.8 Å². The number of rotatable bonds is 6. The highest BCUT2D eigenvalue weighted by Gasteiger charge is 2.57. The SMILES string of the molecule is CCSC1=C(c2cc3cnn(CC(F)(F)C(F)(F)F)c3cn2)N([O-])CC(N(C)C(=O)OC(C)(C)C)=C1. The van der Waals surface area contributed by atoms with Crippen molar-refractivity contribution >= 4 is 34.5 Å². The number of hydrogen-bond donors (Lipinski definition) is 0. The smallest absolute Gasteiger partial charge is 0.455 e. The highest BCUT2D eigenvalue weighted by atomic mass is 32.2. The van der Waals surface area contributed by atoms with Gasteiger partial charge in [0.25, 0.3) is 0 Å². The van der Waals surface area contributed by atoms with Crippen LogP contribution in [0.5, 0.6) is 0 Å². The Bertz CT molecular complexity index is 1200. The number of amides is 1. The van der Waals surface area contributed by atoms with E-state index in [0.717, 1.165) is 12.4 Å². The summed E-state index contributed by atoms with van der Waals surface area (Å²) in [6, 6.07) is 1.40. The summed E-state index contributed by atoms with van der Waals surface area (Å²) in [5, 5.41) is 17.6. The largest absolute Gasteiger partial charge is 0.758 e. The lowest BCUT2D eigenvalue weighted by Crippen LogP contribution is -2.40. The number of thioether (sulfide) groups is 1. The van der Waals surface area contributed by atoms with Gasteiger partial charge in [-0.15, -0.1) is 11.8 Å². The van der Waals surface area contributed by atoms with Gasteiger partial charge in [-0.3, -0.25) is 14.6 Å². The second-order valence-electron chi connectivity index (χ2n) is 8.99. The van der Waals surface area contributed by atoms with Crippen molar-refractivity contribution in [1.82, 2.24) is 24.7 Å². The van der Waals surface area contributed by atoms with Crippen LogP contribution in [-0.2, 0) is 11.3 Å². The predicted octanol–water partition coefficient (Wildman–Crippen LogP) is 5.61. The Morgan fingerprint density at radius 2 is 1.89 bits per heavy atom. The van der Waals surface area contributed by atoms with E-state index in [0.29, 0.717) is 26.1 Å². The molecule has 0 spiro atoms. The number of ether oxygens (including phenoxy) is 1. The van der Waals surface area contributed by atoms with E-state index in [1.54, 1.807) is 26.8 Å². The van der Waals surface area contributed by atoms with E-state index in [1.807, 2.05) is 6.92 Å². The van der Waals surface area contributed by atoms with Crippen LogP contribution in [-0.4, -0.2) is 67.9 Å². The summed E-state index contributed by atoms with van der Waals surface area (Å²) in [7, 11) is 1.49. The fourth-order valence-electron chi connectivity index (χ4n) is 3.29. The summed E-state index contributed by atoms with van der Waals surface area (Å²) in [4.78, 5) is 18.4. The van der Waals surface area contributed by atoms with Crippen molar-refractivity contribution in [1.29, 1.82) is 0 Å². The molecule has 1 aliphatic rings. The van der Waals surface area contributed by atoms with Gasteiger partial charge in [-0.05, 0) is 38.7 Å². The van der Waals surface area contributed by atoms with Crippen LogP contribution in [0, 0.1) is 5.21 Å². The molecule has 0 N–H and O–H groups in total. The maximum atomic E-state index is 13.5. The predicted molar refractivity (Wildman–Crippen MR) is 126 cm³/mol. The van der Waals surface area contributed by atoms with Crippen molar-refractivity contribution in [2.24, 2.45) is 0 Å². The number of halogens is 5. The first-order valence-corrected chi connectivity index (χ1v) is 11.8. The molecule has 0 saturated heterocycles. The van der Waals surface area contributed by atoms with Crippen LogP contribution in [0.1, 0.15) is 33.4 Å². The number of carbonyl (C=O) groups excluding carboxylic acids is 1. The number of aromatic nitrogens is 3. The minimum Gasteiger partial charge on any atom is -0.758 e. The maximum absolute atomic E-state index is 13.5. The summed E-state index contributed by atoms with van der Waals surface area (Å²) in [5.74, 6) is -4.39. The number of carbonyl (C=O) groups is 1. The van der Waals surface area contributed by atoms with E-state index >= 15 is 0 Å². The molecule has 3 rings (SSSR count). The van der Waals surface area contributed by atoms with Gasteiger partial charge in [-0.1, -0.05) is 6.92 Å². The first kappa shape index (κ1) is 27.7. The number of nitrogens with zero attached hydrogens (tertiary/aromatic N) is 5. The number of hydroxylamine groups is 2. The molecule has 0 aliphatic carbocycles. The molecule has 1 amide bonds. The molecule has 36 heavy (non-hydrogen) atoms. The summed E-state index contributed by atoms with van der Waals surface area (Å²) in [6.07, 6.45) is -2.45. The Hall–Kier alpha value is -2.87. The third kappa shape index (κ3) is 5.91. The van der Waals surface area contributed by atoms with Crippen molar-refractivity contribution in [3.05, 3.63) is 46.0 Å². The van der Waals surface area contributed by atoms with Crippen molar-refractivity contribution < 1.29 is 31.5 Å². The van der Waals surface area contributed by atoms with Crippen LogP contribution in [0.2, 0.25) is 0 Å². The molecular formula is C22H25F5N5O3S-. The molecule has 8 nitrogen and oxygen atoms in total.